The van der Waals surface area contributed by atoms with Crippen LogP contribution in [0.15, 0.2) is 30.3 Å². The molecule has 1 atom stereocenters. The van der Waals surface area contributed by atoms with Gasteiger partial charge in [0, 0.05) is 13.2 Å². The number of benzene rings is 1. The summed E-state index contributed by atoms with van der Waals surface area (Å²) in [5, 5.41) is 0. The van der Waals surface area contributed by atoms with Crippen molar-refractivity contribution >= 4 is 10.0 Å². The second-order valence-electron chi connectivity index (χ2n) is 4.87. The number of nitrogens with one attached hydrogen (secondary N) is 1. The molecule has 1 aromatic rings. The van der Waals surface area contributed by atoms with Crippen molar-refractivity contribution in [3.8, 4) is 0 Å². The highest BCUT2D eigenvalue weighted by Gasteiger charge is 2.16. The molecule has 0 amide bonds. The normalized spacial score (nSPS) is 19.7. The number of hydrogen-bond donors (Lipinski definition) is 1. The third kappa shape index (κ3) is 5.30. The van der Waals surface area contributed by atoms with Gasteiger partial charge >= 0.3 is 0 Å². The summed E-state index contributed by atoms with van der Waals surface area (Å²) in [4.78, 5) is 0. The molecule has 2 rings (SSSR count). The van der Waals surface area contributed by atoms with Gasteiger partial charge in [-0.25, -0.2) is 13.1 Å². The van der Waals surface area contributed by atoms with Gasteiger partial charge < -0.3 is 4.74 Å². The average molecular weight is 283 g/mol. The standard InChI is InChI=1S/C14H21NO3S/c16-19(17,12-9-13-5-2-1-3-6-13)15-10-8-14-7-4-11-18-14/h1-3,5-6,14-15H,4,7-12H2. The third-order valence-electron chi connectivity index (χ3n) is 3.31. The van der Waals surface area contributed by atoms with Gasteiger partial charge in [0.15, 0.2) is 0 Å². The minimum atomic E-state index is -3.18. The fourth-order valence-corrected chi connectivity index (χ4v) is 3.29. The van der Waals surface area contributed by atoms with Gasteiger partial charge in [0.05, 0.1) is 11.9 Å². The zero-order valence-electron chi connectivity index (χ0n) is 11.0. The Hall–Kier alpha value is -0.910. The van der Waals surface area contributed by atoms with E-state index in [4.69, 9.17) is 4.74 Å². The molecular weight excluding hydrogens is 262 g/mol. The Morgan fingerprint density at radius 1 is 1.26 bits per heavy atom. The van der Waals surface area contributed by atoms with E-state index in [9.17, 15) is 8.42 Å². The van der Waals surface area contributed by atoms with Crippen molar-refractivity contribution in [1.29, 1.82) is 0 Å². The predicted octanol–water partition coefficient (Wildman–Crippen LogP) is 1.72. The van der Waals surface area contributed by atoms with E-state index in [-0.39, 0.29) is 11.9 Å². The lowest BCUT2D eigenvalue weighted by atomic mass is 10.2. The second kappa shape index (κ2) is 7.03. The molecule has 0 radical (unpaired) electrons. The molecule has 106 valence electrons. The van der Waals surface area contributed by atoms with E-state index in [0.29, 0.717) is 13.0 Å². The SMILES string of the molecule is O=S(=O)(CCc1ccccc1)NCCC1CCCO1. The molecule has 1 aliphatic heterocycles. The van der Waals surface area contributed by atoms with Crippen LogP contribution in [0.1, 0.15) is 24.8 Å². The average Bonchev–Trinajstić information content (AvgIpc) is 2.91. The van der Waals surface area contributed by atoms with Gasteiger partial charge in [-0.2, -0.15) is 0 Å². The Kier molecular flexibility index (Phi) is 5.36. The summed E-state index contributed by atoms with van der Waals surface area (Å²) in [6, 6.07) is 9.67. The van der Waals surface area contributed by atoms with Crippen LogP contribution in [0.5, 0.6) is 0 Å². The molecule has 1 saturated heterocycles. The quantitative estimate of drug-likeness (QED) is 0.829. The van der Waals surface area contributed by atoms with Crippen molar-refractivity contribution in [3.05, 3.63) is 35.9 Å². The highest BCUT2D eigenvalue weighted by atomic mass is 32.2. The highest BCUT2D eigenvalue weighted by Crippen LogP contribution is 2.14. The van der Waals surface area contributed by atoms with E-state index < -0.39 is 10.0 Å². The molecular formula is C14H21NO3S. The van der Waals surface area contributed by atoms with E-state index in [1.165, 1.54) is 0 Å². The van der Waals surface area contributed by atoms with E-state index >= 15 is 0 Å². The first-order valence-electron chi connectivity index (χ1n) is 6.78. The van der Waals surface area contributed by atoms with Gasteiger partial charge in [-0.3, -0.25) is 0 Å². The maximum absolute atomic E-state index is 11.8. The molecule has 0 aromatic heterocycles. The lowest BCUT2D eigenvalue weighted by molar-refractivity contribution is 0.105. The molecule has 1 unspecified atom stereocenters. The largest absolute Gasteiger partial charge is 0.378 e. The molecule has 19 heavy (non-hydrogen) atoms. The van der Waals surface area contributed by atoms with Crippen molar-refractivity contribution in [2.75, 3.05) is 18.9 Å². The Morgan fingerprint density at radius 3 is 2.74 bits per heavy atom. The van der Waals surface area contributed by atoms with Gasteiger partial charge in [-0.1, -0.05) is 30.3 Å². The van der Waals surface area contributed by atoms with Gasteiger partial charge in [0.2, 0.25) is 10.0 Å². The first kappa shape index (κ1) is 14.5. The van der Waals surface area contributed by atoms with Crippen molar-refractivity contribution in [1.82, 2.24) is 4.72 Å². The Balaban J connectivity index is 1.69. The lowest BCUT2D eigenvalue weighted by Crippen LogP contribution is -2.30. The Labute approximate surface area is 115 Å². The van der Waals surface area contributed by atoms with Crippen molar-refractivity contribution in [2.45, 2.75) is 31.8 Å². The molecule has 0 spiro atoms. The zero-order valence-corrected chi connectivity index (χ0v) is 11.9. The topological polar surface area (TPSA) is 55.4 Å². The molecule has 5 heteroatoms. The van der Waals surface area contributed by atoms with Gasteiger partial charge in [-0.05, 0) is 31.2 Å². The van der Waals surface area contributed by atoms with Crippen LogP contribution in [0, 0.1) is 0 Å². The molecule has 1 heterocycles. The molecule has 1 aliphatic rings. The van der Waals surface area contributed by atoms with Crippen molar-refractivity contribution in [3.63, 3.8) is 0 Å². The summed E-state index contributed by atoms with van der Waals surface area (Å²) < 4.78 is 31.8. The summed E-state index contributed by atoms with van der Waals surface area (Å²) in [7, 11) is -3.18. The molecule has 4 nitrogen and oxygen atoms in total. The van der Waals surface area contributed by atoms with E-state index in [1.807, 2.05) is 30.3 Å². The Morgan fingerprint density at radius 2 is 2.05 bits per heavy atom. The van der Waals surface area contributed by atoms with Crippen LogP contribution in [0.4, 0.5) is 0 Å². The molecule has 1 N–H and O–H groups in total. The van der Waals surface area contributed by atoms with Crippen LogP contribution in [0.2, 0.25) is 0 Å². The smallest absolute Gasteiger partial charge is 0.211 e. The van der Waals surface area contributed by atoms with Crippen LogP contribution in [0.25, 0.3) is 0 Å². The number of sulfonamides is 1. The van der Waals surface area contributed by atoms with Crippen LogP contribution in [-0.4, -0.2) is 33.4 Å². The second-order valence-corrected chi connectivity index (χ2v) is 6.80. The summed E-state index contributed by atoms with van der Waals surface area (Å²) in [6.45, 7) is 1.28. The lowest BCUT2D eigenvalue weighted by Gasteiger charge is -2.10. The molecule has 0 bridgehead atoms. The fraction of sp³-hybridized carbons (Fsp3) is 0.571. The van der Waals surface area contributed by atoms with Crippen molar-refractivity contribution in [2.24, 2.45) is 0 Å². The maximum Gasteiger partial charge on any atom is 0.211 e. The number of rotatable bonds is 7. The maximum atomic E-state index is 11.8. The minimum absolute atomic E-state index is 0.141. The van der Waals surface area contributed by atoms with Crippen LogP contribution in [-0.2, 0) is 21.2 Å². The predicted molar refractivity (Wildman–Crippen MR) is 75.5 cm³/mol. The summed E-state index contributed by atoms with van der Waals surface area (Å²) in [6.07, 6.45) is 3.69. The Bertz CT molecular complexity index is 467. The van der Waals surface area contributed by atoms with Crippen LogP contribution >= 0.6 is 0 Å². The van der Waals surface area contributed by atoms with Gasteiger partial charge in [0.25, 0.3) is 0 Å². The fourth-order valence-electron chi connectivity index (χ4n) is 2.22. The number of hydrogen-bond acceptors (Lipinski definition) is 3. The zero-order chi connectivity index (χ0) is 13.6. The van der Waals surface area contributed by atoms with Gasteiger partial charge in [0.1, 0.15) is 0 Å². The summed E-state index contributed by atoms with van der Waals surface area (Å²) in [5.74, 6) is 0.141. The van der Waals surface area contributed by atoms with E-state index in [1.54, 1.807) is 0 Å². The third-order valence-corrected chi connectivity index (χ3v) is 4.70. The summed E-state index contributed by atoms with van der Waals surface area (Å²) in [5.41, 5.74) is 1.05. The number of aryl methyl sites for hydroxylation is 1. The van der Waals surface area contributed by atoms with Crippen LogP contribution < -0.4 is 4.72 Å². The summed E-state index contributed by atoms with van der Waals surface area (Å²) >= 11 is 0. The van der Waals surface area contributed by atoms with Gasteiger partial charge in [-0.15, -0.1) is 0 Å². The number of ether oxygens (including phenoxy) is 1. The molecule has 1 aromatic carbocycles. The van der Waals surface area contributed by atoms with Crippen molar-refractivity contribution < 1.29 is 13.2 Å². The van der Waals surface area contributed by atoms with E-state index in [0.717, 1.165) is 31.4 Å². The first-order chi connectivity index (χ1) is 9.16. The first-order valence-corrected chi connectivity index (χ1v) is 8.44. The highest BCUT2D eigenvalue weighted by molar-refractivity contribution is 7.89. The van der Waals surface area contributed by atoms with E-state index in [2.05, 4.69) is 4.72 Å². The minimum Gasteiger partial charge on any atom is -0.378 e. The van der Waals surface area contributed by atoms with Crippen LogP contribution in [0.3, 0.4) is 0 Å². The molecule has 0 aliphatic carbocycles. The molecule has 0 saturated carbocycles. The monoisotopic (exact) mass is 283 g/mol. The molecule has 1 fully saturated rings.